The van der Waals surface area contributed by atoms with Crippen molar-refractivity contribution in [1.82, 2.24) is 0 Å². The van der Waals surface area contributed by atoms with E-state index in [1.54, 1.807) is 6.07 Å². The van der Waals surface area contributed by atoms with Crippen LogP contribution < -0.4 is 5.73 Å². The van der Waals surface area contributed by atoms with Crippen LogP contribution in [0.1, 0.15) is 52.0 Å². The zero-order valence-corrected chi connectivity index (χ0v) is 13.5. The van der Waals surface area contributed by atoms with Gasteiger partial charge in [0.15, 0.2) is 0 Å². The molecule has 21 heavy (non-hydrogen) atoms. The first-order valence-corrected chi connectivity index (χ1v) is 8.01. The first kappa shape index (κ1) is 16.4. The van der Waals surface area contributed by atoms with Crippen LogP contribution in [-0.2, 0) is 11.2 Å². The number of halogens is 1. The Morgan fingerprint density at radius 3 is 2.38 bits per heavy atom. The molecule has 1 aromatic rings. The number of ether oxygens (including phenoxy) is 1. The van der Waals surface area contributed by atoms with Gasteiger partial charge in [-0.2, -0.15) is 0 Å². The van der Waals surface area contributed by atoms with Crippen LogP contribution in [0.4, 0.5) is 4.39 Å². The minimum Gasteiger partial charge on any atom is -0.374 e. The van der Waals surface area contributed by atoms with Crippen LogP contribution in [-0.4, -0.2) is 18.2 Å². The SMILES string of the molecule is CCOC1(C(N)Cc2ccccc2F)CCC(C)(C)CC1. The zero-order valence-electron chi connectivity index (χ0n) is 13.5. The van der Waals surface area contributed by atoms with Crippen LogP contribution in [0.3, 0.4) is 0 Å². The molecule has 1 fully saturated rings. The average molecular weight is 293 g/mol. The fourth-order valence-corrected chi connectivity index (χ4v) is 3.35. The lowest BCUT2D eigenvalue weighted by Crippen LogP contribution is -2.54. The van der Waals surface area contributed by atoms with E-state index < -0.39 is 0 Å². The average Bonchev–Trinajstić information content (AvgIpc) is 2.44. The molecule has 0 spiro atoms. The molecule has 0 bridgehead atoms. The summed E-state index contributed by atoms with van der Waals surface area (Å²) in [5.41, 5.74) is 7.22. The van der Waals surface area contributed by atoms with E-state index in [-0.39, 0.29) is 17.5 Å². The Kier molecular flexibility index (Phi) is 5.05. The molecule has 2 N–H and O–H groups in total. The van der Waals surface area contributed by atoms with Gasteiger partial charge in [-0.25, -0.2) is 4.39 Å². The largest absolute Gasteiger partial charge is 0.374 e. The lowest BCUT2D eigenvalue weighted by molar-refractivity contribution is -0.0988. The predicted octanol–water partition coefficient (Wildman–Crippen LogP) is 4.07. The van der Waals surface area contributed by atoms with Crippen molar-refractivity contribution >= 4 is 0 Å². The van der Waals surface area contributed by atoms with Gasteiger partial charge in [-0.05, 0) is 56.1 Å². The fourth-order valence-electron chi connectivity index (χ4n) is 3.35. The van der Waals surface area contributed by atoms with E-state index in [0.29, 0.717) is 24.0 Å². The Bertz CT molecular complexity index is 462. The Balaban J connectivity index is 2.13. The van der Waals surface area contributed by atoms with Crippen molar-refractivity contribution in [1.29, 1.82) is 0 Å². The minimum absolute atomic E-state index is 0.162. The molecule has 1 aliphatic rings. The number of benzene rings is 1. The quantitative estimate of drug-likeness (QED) is 0.888. The van der Waals surface area contributed by atoms with Gasteiger partial charge in [0.05, 0.1) is 5.60 Å². The summed E-state index contributed by atoms with van der Waals surface area (Å²) >= 11 is 0. The van der Waals surface area contributed by atoms with E-state index in [4.69, 9.17) is 10.5 Å². The molecule has 118 valence electrons. The summed E-state index contributed by atoms with van der Waals surface area (Å²) in [6, 6.07) is 6.74. The van der Waals surface area contributed by atoms with Crippen molar-refractivity contribution in [3.05, 3.63) is 35.6 Å². The highest BCUT2D eigenvalue weighted by Crippen LogP contribution is 2.43. The molecule has 1 saturated carbocycles. The van der Waals surface area contributed by atoms with Gasteiger partial charge in [-0.15, -0.1) is 0 Å². The summed E-state index contributed by atoms with van der Waals surface area (Å²) < 4.78 is 19.9. The highest BCUT2D eigenvalue weighted by Gasteiger charge is 2.43. The molecule has 2 rings (SSSR count). The summed E-state index contributed by atoms with van der Waals surface area (Å²) in [4.78, 5) is 0. The number of nitrogens with two attached hydrogens (primary N) is 1. The van der Waals surface area contributed by atoms with Crippen molar-refractivity contribution in [3.8, 4) is 0 Å². The second kappa shape index (κ2) is 6.45. The molecule has 1 aromatic carbocycles. The van der Waals surface area contributed by atoms with Crippen LogP contribution in [0.5, 0.6) is 0 Å². The van der Waals surface area contributed by atoms with E-state index in [0.717, 1.165) is 25.7 Å². The van der Waals surface area contributed by atoms with Gasteiger partial charge in [0.1, 0.15) is 5.82 Å². The van der Waals surface area contributed by atoms with E-state index in [9.17, 15) is 4.39 Å². The zero-order chi connectivity index (χ0) is 15.5. The van der Waals surface area contributed by atoms with Crippen LogP contribution in [0.25, 0.3) is 0 Å². The first-order valence-electron chi connectivity index (χ1n) is 8.01. The lowest BCUT2D eigenvalue weighted by Gasteiger charge is -2.46. The van der Waals surface area contributed by atoms with Crippen LogP contribution in [0.15, 0.2) is 24.3 Å². The third-order valence-corrected chi connectivity index (χ3v) is 4.96. The number of hydrogen-bond donors (Lipinski definition) is 1. The molecule has 0 aliphatic heterocycles. The maximum Gasteiger partial charge on any atom is 0.126 e. The summed E-state index contributed by atoms with van der Waals surface area (Å²) in [6.07, 6.45) is 4.68. The minimum atomic E-state index is -0.299. The van der Waals surface area contributed by atoms with Crippen molar-refractivity contribution in [2.45, 2.75) is 64.5 Å². The van der Waals surface area contributed by atoms with Crippen molar-refractivity contribution in [2.75, 3.05) is 6.61 Å². The normalized spacial score (nSPS) is 22.0. The smallest absolute Gasteiger partial charge is 0.126 e. The molecule has 3 heteroatoms. The molecule has 0 radical (unpaired) electrons. The van der Waals surface area contributed by atoms with Crippen LogP contribution in [0, 0.1) is 11.2 Å². The lowest BCUT2D eigenvalue weighted by atomic mass is 9.68. The molecule has 0 heterocycles. The van der Waals surface area contributed by atoms with Gasteiger partial charge in [0, 0.05) is 12.6 Å². The first-order chi connectivity index (χ1) is 9.88. The molecule has 0 amide bonds. The highest BCUT2D eigenvalue weighted by atomic mass is 19.1. The van der Waals surface area contributed by atoms with Gasteiger partial charge in [-0.3, -0.25) is 0 Å². The van der Waals surface area contributed by atoms with Gasteiger partial charge in [0.25, 0.3) is 0 Å². The number of hydrogen-bond acceptors (Lipinski definition) is 2. The summed E-state index contributed by atoms with van der Waals surface area (Å²) in [5.74, 6) is -0.171. The van der Waals surface area contributed by atoms with E-state index in [1.165, 1.54) is 6.07 Å². The third-order valence-electron chi connectivity index (χ3n) is 4.96. The topological polar surface area (TPSA) is 35.2 Å². The Labute approximate surface area is 127 Å². The van der Waals surface area contributed by atoms with Crippen LogP contribution >= 0.6 is 0 Å². The predicted molar refractivity (Wildman–Crippen MR) is 84.7 cm³/mol. The Hall–Kier alpha value is -0.930. The van der Waals surface area contributed by atoms with E-state index in [2.05, 4.69) is 13.8 Å². The summed E-state index contributed by atoms with van der Waals surface area (Å²) in [7, 11) is 0. The van der Waals surface area contributed by atoms with E-state index >= 15 is 0 Å². The molecular formula is C18H28FNO. The number of rotatable bonds is 5. The molecule has 1 unspecified atom stereocenters. The molecule has 1 atom stereocenters. The Morgan fingerprint density at radius 1 is 1.19 bits per heavy atom. The van der Waals surface area contributed by atoms with E-state index in [1.807, 2.05) is 19.1 Å². The summed E-state index contributed by atoms with van der Waals surface area (Å²) in [5, 5.41) is 0. The molecule has 2 nitrogen and oxygen atoms in total. The standard InChI is InChI=1S/C18H28FNO/c1-4-21-18(11-9-17(2,3)10-12-18)16(20)13-14-7-5-6-8-15(14)19/h5-8,16H,4,9-13,20H2,1-3H3. The highest BCUT2D eigenvalue weighted by molar-refractivity contribution is 5.19. The van der Waals surface area contributed by atoms with Crippen molar-refractivity contribution in [3.63, 3.8) is 0 Å². The maximum atomic E-state index is 13.9. The Morgan fingerprint density at radius 2 is 1.81 bits per heavy atom. The van der Waals surface area contributed by atoms with Gasteiger partial charge in [-0.1, -0.05) is 32.0 Å². The van der Waals surface area contributed by atoms with Crippen molar-refractivity contribution < 1.29 is 9.13 Å². The second-order valence-electron chi connectivity index (χ2n) is 7.06. The second-order valence-corrected chi connectivity index (χ2v) is 7.06. The molecule has 0 aromatic heterocycles. The van der Waals surface area contributed by atoms with Gasteiger partial charge in [0.2, 0.25) is 0 Å². The monoisotopic (exact) mass is 293 g/mol. The summed E-state index contributed by atoms with van der Waals surface area (Å²) in [6.45, 7) is 7.26. The van der Waals surface area contributed by atoms with Gasteiger partial charge < -0.3 is 10.5 Å². The molecular weight excluding hydrogens is 265 g/mol. The third kappa shape index (κ3) is 3.83. The van der Waals surface area contributed by atoms with Crippen LogP contribution in [0.2, 0.25) is 0 Å². The molecule has 0 saturated heterocycles. The fraction of sp³-hybridized carbons (Fsp3) is 0.667. The van der Waals surface area contributed by atoms with Crippen molar-refractivity contribution in [2.24, 2.45) is 11.1 Å². The maximum absolute atomic E-state index is 13.9. The molecule has 1 aliphatic carbocycles. The van der Waals surface area contributed by atoms with Gasteiger partial charge >= 0.3 is 0 Å².